The molecular formula is C9H8N2O3. The Kier molecular flexibility index (Phi) is 3.44. The van der Waals surface area contributed by atoms with E-state index >= 15 is 0 Å². The van der Waals surface area contributed by atoms with Crippen LogP contribution in [0.3, 0.4) is 0 Å². The van der Waals surface area contributed by atoms with E-state index in [2.05, 4.69) is 26.5 Å². The summed E-state index contributed by atoms with van der Waals surface area (Å²) in [5.74, 6) is 4.60. The summed E-state index contributed by atoms with van der Waals surface area (Å²) in [6, 6.07) is 0. The highest BCUT2D eigenvalue weighted by Gasteiger charge is 1.95. The fourth-order valence-corrected chi connectivity index (χ4v) is 0.717. The minimum atomic E-state index is -0.433. The number of esters is 1. The van der Waals surface area contributed by atoms with Gasteiger partial charge in [-0.1, -0.05) is 11.8 Å². The van der Waals surface area contributed by atoms with Crippen molar-refractivity contribution >= 4 is 5.97 Å². The van der Waals surface area contributed by atoms with Gasteiger partial charge in [0, 0.05) is 6.20 Å². The van der Waals surface area contributed by atoms with Gasteiger partial charge in [0.1, 0.15) is 12.0 Å². The van der Waals surface area contributed by atoms with E-state index in [-0.39, 0.29) is 17.5 Å². The molecule has 0 spiro atoms. The maximum atomic E-state index is 11.1. The molecule has 0 saturated carbocycles. The van der Waals surface area contributed by atoms with Crippen molar-refractivity contribution in [2.24, 2.45) is 0 Å². The Bertz CT molecular complexity index is 439. The predicted octanol–water partition coefficient (Wildman–Crippen LogP) is -0.315. The molecule has 0 radical (unpaired) electrons. The molecule has 5 heteroatoms. The molecule has 5 nitrogen and oxygen atoms in total. The number of ether oxygens (including phenoxy) is 1. The third-order valence-electron chi connectivity index (χ3n) is 1.40. The average molecular weight is 192 g/mol. The van der Waals surface area contributed by atoms with E-state index in [1.807, 2.05) is 0 Å². The Labute approximate surface area is 80.1 Å². The predicted molar refractivity (Wildman–Crippen MR) is 48.4 cm³/mol. The highest BCUT2D eigenvalue weighted by atomic mass is 16.5. The van der Waals surface area contributed by atoms with Crippen LogP contribution in [0.5, 0.6) is 0 Å². The van der Waals surface area contributed by atoms with Crippen molar-refractivity contribution < 1.29 is 9.53 Å². The van der Waals surface area contributed by atoms with Crippen LogP contribution < -0.4 is 5.56 Å². The Hall–Kier alpha value is -2.09. The van der Waals surface area contributed by atoms with Gasteiger partial charge in [0.2, 0.25) is 0 Å². The lowest BCUT2D eigenvalue weighted by Gasteiger charge is -1.89. The first-order valence-corrected chi connectivity index (χ1v) is 3.82. The van der Waals surface area contributed by atoms with Gasteiger partial charge >= 0.3 is 5.97 Å². The number of hydrogen-bond donors (Lipinski definition) is 1. The zero-order chi connectivity index (χ0) is 10.4. The van der Waals surface area contributed by atoms with Crippen LogP contribution in [-0.2, 0) is 9.53 Å². The summed E-state index contributed by atoms with van der Waals surface area (Å²) in [5, 5.41) is 0. The summed E-state index contributed by atoms with van der Waals surface area (Å²) >= 11 is 0. The van der Waals surface area contributed by atoms with Crippen molar-refractivity contribution in [1.29, 1.82) is 0 Å². The third-order valence-corrected chi connectivity index (χ3v) is 1.40. The number of carbonyl (C=O) groups excluding carboxylic acids is 1. The van der Waals surface area contributed by atoms with Gasteiger partial charge in [0.25, 0.3) is 5.56 Å². The summed E-state index contributed by atoms with van der Waals surface area (Å²) in [7, 11) is 1.28. The molecule has 14 heavy (non-hydrogen) atoms. The summed E-state index contributed by atoms with van der Waals surface area (Å²) in [6.45, 7) is 0. The maximum absolute atomic E-state index is 11.1. The lowest BCUT2D eigenvalue weighted by atomic mass is 10.3. The van der Waals surface area contributed by atoms with Gasteiger partial charge in [-0.3, -0.25) is 9.59 Å². The van der Waals surface area contributed by atoms with Crippen LogP contribution >= 0.6 is 0 Å². The third kappa shape index (κ3) is 2.75. The Morgan fingerprint density at radius 3 is 3.14 bits per heavy atom. The second kappa shape index (κ2) is 4.82. The van der Waals surface area contributed by atoms with Crippen LogP contribution in [0.4, 0.5) is 0 Å². The topological polar surface area (TPSA) is 72.0 Å². The van der Waals surface area contributed by atoms with Crippen molar-refractivity contribution in [2.75, 3.05) is 7.11 Å². The van der Waals surface area contributed by atoms with Gasteiger partial charge in [-0.25, -0.2) is 4.98 Å². The van der Waals surface area contributed by atoms with Crippen LogP contribution in [0, 0.1) is 11.8 Å². The number of carbonyl (C=O) groups is 1. The Morgan fingerprint density at radius 1 is 1.71 bits per heavy atom. The zero-order valence-electron chi connectivity index (χ0n) is 7.53. The highest BCUT2D eigenvalue weighted by molar-refractivity contribution is 5.72. The summed E-state index contributed by atoms with van der Waals surface area (Å²) in [6.07, 6.45) is 2.57. The van der Waals surface area contributed by atoms with Crippen LogP contribution in [-0.4, -0.2) is 23.0 Å². The fourth-order valence-electron chi connectivity index (χ4n) is 0.717. The van der Waals surface area contributed by atoms with Crippen LogP contribution in [0.2, 0.25) is 0 Å². The van der Waals surface area contributed by atoms with E-state index in [9.17, 15) is 9.59 Å². The zero-order valence-corrected chi connectivity index (χ0v) is 7.53. The molecule has 1 heterocycles. The van der Waals surface area contributed by atoms with E-state index in [0.717, 1.165) is 0 Å². The minimum absolute atomic E-state index is 0.0369. The summed E-state index contributed by atoms with van der Waals surface area (Å²) < 4.78 is 4.38. The molecule has 1 N–H and O–H groups in total. The number of aromatic nitrogens is 2. The Balaban J connectivity index is 2.74. The molecule has 1 aromatic heterocycles. The fraction of sp³-hybridized carbons (Fsp3) is 0.222. The van der Waals surface area contributed by atoms with Crippen LogP contribution in [0.25, 0.3) is 0 Å². The maximum Gasteiger partial charge on any atom is 0.317 e. The van der Waals surface area contributed by atoms with Crippen molar-refractivity contribution in [3.8, 4) is 11.8 Å². The summed E-state index contributed by atoms with van der Waals surface area (Å²) in [4.78, 5) is 27.8. The van der Waals surface area contributed by atoms with E-state index in [1.165, 1.54) is 19.6 Å². The van der Waals surface area contributed by atoms with Crippen molar-refractivity contribution in [2.45, 2.75) is 6.42 Å². The molecule has 0 aliphatic heterocycles. The monoisotopic (exact) mass is 192 g/mol. The van der Waals surface area contributed by atoms with E-state index in [0.29, 0.717) is 0 Å². The number of nitrogens with one attached hydrogen (secondary N) is 1. The number of hydrogen-bond acceptors (Lipinski definition) is 4. The molecule has 1 aromatic rings. The number of nitrogens with zero attached hydrogens (tertiary/aromatic N) is 1. The molecule has 0 bridgehead atoms. The van der Waals surface area contributed by atoms with Crippen LogP contribution in [0.1, 0.15) is 12.0 Å². The normalized spacial score (nSPS) is 8.64. The van der Waals surface area contributed by atoms with Crippen LogP contribution in [0.15, 0.2) is 17.3 Å². The second-order valence-electron chi connectivity index (χ2n) is 2.35. The Morgan fingerprint density at radius 2 is 2.50 bits per heavy atom. The van der Waals surface area contributed by atoms with Crippen molar-refractivity contribution in [3.05, 3.63) is 28.4 Å². The molecule has 72 valence electrons. The number of methoxy groups -OCH3 is 1. The van der Waals surface area contributed by atoms with E-state index in [1.54, 1.807) is 0 Å². The number of rotatable bonds is 1. The van der Waals surface area contributed by atoms with Gasteiger partial charge in [0.05, 0.1) is 13.4 Å². The largest absolute Gasteiger partial charge is 0.468 e. The van der Waals surface area contributed by atoms with E-state index < -0.39 is 5.97 Å². The number of aromatic amines is 1. The second-order valence-corrected chi connectivity index (χ2v) is 2.35. The molecule has 0 saturated heterocycles. The highest BCUT2D eigenvalue weighted by Crippen LogP contribution is 1.84. The molecule has 1 rings (SSSR count). The molecule has 0 aliphatic carbocycles. The standard InChI is InChI=1S/C9H8N2O3/c1-14-8(12)4-2-3-7-5-10-6-11-9(7)13/h5-6H,4H2,1H3,(H,10,11,13). The molecule has 0 fully saturated rings. The SMILES string of the molecule is COC(=O)CC#Cc1cnc[nH]c1=O. The van der Waals surface area contributed by atoms with Gasteiger partial charge < -0.3 is 9.72 Å². The lowest BCUT2D eigenvalue weighted by molar-refractivity contribution is -0.139. The average Bonchev–Trinajstić information content (AvgIpc) is 2.20. The van der Waals surface area contributed by atoms with Gasteiger partial charge in [-0.15, -0.1) is 0 Å². The first kappa shape index (κ1) is 9.99. The first-order chi connectivity index (χ1) is 6.74. The molecule has 0 amide bonds. The van der Waals surface area contributed by atoms with Gasteiger partial charge in [0.15, 0.2) is 0 Å². The molecule has 0 unspecified atom stereocenters. The van der Waals surface area contributed by atoms with Crippen molar-refractivity contribution in [3.63, 3.8) is 0 Å². The molecule has 0 aromatic carbocycles. The smallest absolute Gasteiger partial charge is 0.317 e. The summed E-state index contributed by atoms with van der Waals surface area (Å²) in [5.41, 5.74) is -0.0891. The quantitative estimate of drug-likeness (QED) is 0.489. The minimum Gasteiger partial charge on any atom is -0.468 e. The first-order valence-electron chi connectivity index (χ1n) is 3.82. The number of H-pyrrole nitrogens is 1. The van der Waals surface area contributed by atoms with Gasteiger partial charge in [-0.05, 0) is 0 Å². The van der Waals surface area contributed by atoms with E-state index in [4.69, 9.17) is 0 Å². The molecular weight excluding hydrogens is 184 g/mol. The lowest BCUT2D eigenvalue weighted by Crippen LogP contribution is -2.09. The van der Waals surface area contributed by atoms with Gasteiger partial charge in [-0.2, -0.15) is 0 Å². The molecule has 0 aliphatic rings. The van der Waals surface area contributed by atoms with Crippen molar-refractivity contribution in [1.82, 2.24) is 9.97 Å². The molecule has 0 atom stereocenters.